The molecule has 1 fully saturated rings. The standard InChI is InChI=1S/C7H11BrF2/c8-6-4-2-1-3-5(6)7(9)10/h5-7H,1-4H2/t5-,6-/m1/s1. The van der Waals surface area contributed by atoms with Crippen molar-refractivity contribution in [2.45, 2.75) is 36.9 Å². The van der Waals surface area contributed by atoms with Gasteiger partial charge in [-0.1, -0.05) is 28.8 Å². The third-order valence-electron chi connectivity index (χ3n) is 2.06. The monoisotopic (exact) mass is 212 g/mol. The highest BCUT2D eigenvalue weighted by molar-refractivity contribution is 9.09. The topological polar surface area (TPSA) is 0 Å². The molecule has 1 aliphatic rings. The summed E-state index contributed by atoms with van der Waals surface area (Å²) in [5.74, 6) is -0.395. The van der Waals surface area contributed by atoms with Crippen molar-refractivity contribution in [3.63, 3.8) is 0 Å². The molecule has 0 radical (unpaired) electrons. The van der Waals surface area contributed by atoms with E-state index in [0.29, 0.717) is 6.42 Å². The molecule has 0 heterocycles. The first-order valence-corrected chi connectivity index (χ1v) is 4.55. The van der Waals surface area contributed by atoms with E-state index in [4.69, 9.17) is 0 Å². The Balaban J connectivity index is 2.40. The zero-order valence-electron chi connectivity index (χ0n) is 5.69. The van der Waals surface area contributed by atoms with E-state index >= 15 is 0 Å². The van der Waals surface area contributed by atoms with Gasteiger partial charge in [-0.25, -0.2) is 8.78 Å². The predicted octanol–water partition coefficient (Wildman–Crippen LogP) is 3.21. The van der Waals surface area contributed by atoms with Crippen molar-refractivity contribution < 1.29 is 8.78 Å². The maximum absolute atomic E-state index is 12.1. The number of hydrogen-bond donors (Lipinski definition) is 0. The average molecular weight is 213 g/mol. The predicted molar refractivity (Wildman–Crippen MR) is 40.7 cm³/mol. The molecule has 60 valence electrons. The van der Waals surface area contributed by atoms with Crippen LogP contribution in [0.1, 0.15) is 25.7 Å². The summed E-state index contributed by atoms with van der Waals surface area (Å²) in [7, 11) is 0. The van der Waals surface area contributed by atoms with E-state index in [2.05, 4.69) is 15.9 Å². The van der Waals surface area contributed by atoms with E-state index in [-0.39, 0.29) is 4.83 Å². The fourth-order valence-corrected chi connectivity index (χ4v) is 2.22. The molecule has 0 amide bonds. The minimum absolute atomic E-state index is 0.0567. The van der Waals surface area contributed by atoms with Crippen LogP contribution in [0.4, 0.5) is 8.78 Å². The van der Waals surface area contributed by atoms with Crippen LogP contribution in [-0.4, -0.2) is 11.3 Å². The van der Waals surface area contributed by atoms with Gasteiger partial charge in [-0.3, -0.25) is 0 Å². The normalized spacial score (nSPS) is 34.8. The van der Waals surface area contributed by atoms with Crippen LogP contribution >= 0.6 is 15.9 Å². The lowest BCUT2D eigenvalue weighted by Gasteiger charge is -2.26. The van der Waals surface area contributed by atoms with Crippen LogP contribution in [0.15, 0.2) is 0 Å². The molecule has 0 aromatic heterocycles. The molecule has 0 aromatic rings. The Labute approximate surface area is 68.1 Å². The van der Waals surface area contributed by atoms with E-state index in [1.165, 1.54) is 0 Å². The van der Waals surface area contributed by atoms with Gasteiger partial charge >= 0.3 is 0 Å². The SMILES string of the molecule is FC(F)[C@@H]1CCCC[C@H]1Br. The van der Waals surface area contributed by atoms with Gasteiger partial charge in [-0.15, -0.1) is 0 Å². The molecule has 0 nitrogen and oxygen atoms in total. The van der Waals surface area contributed by atoms with Gasteiger partial charge in [-0.05, 0) is 12.8 Å². The lowest BCUT2D eigenvalue weighted by molar-refractivity contribution is 0.0612. The highest BCUT2D eigenvalue weighted by Gasteiger charge is 2.29. The molecule has 0 bridgehead atoms. The highest BCUT2D eigenvalue weighted by atomic mass is 79.9. The fraction of sp³-hybridized carbons (Fsp3) is 1.00. The van der Waals surface area contributed by atoms with Crippen molar-refractivity contribution in [1.29, 1.82) is 0 Å². The van der Waals surface area contributed by atoms with Crippen LogP contribution in [0.3, 0.4) is 0 Å². The lowest BCUT2D eigenvalue weighted by atomic mass is 9.89. The summed E-state index contributed by atoms with van der Waals surface area (Å²) in [6.45, 7) is 0. The first-order valence-electron chi connectivity index (χ1n) is 3.64. The molecule has 2 atom stereocenters. The summed E-state index contributed by atoms with van der Waals surface area (Å²) in [6.07, 6.45) is 1.53. The molecule has 1 aliphatic carbocycles. The maximum Gasteiger partial charge on any atom is 0.242 e. The maximum atomic E-state index is 12.1. The smallest absolute Gasteiger partial charge is 0.210 e. The van der Waals surface area contributed by atoms with Crippen molar-refractivity contribution >= 4 is 15.9 Å². The molecule has 0 spiro atoms. The van der Waals surface area contributed by atoms with Crippen LogP contribution in [0.25, 0.3) is 0 Å². The average Bonchev–Trinajstić information content (AvgIpc) is 1.88. The van der Waals surface area contributed by atoms with Crippen LogP contribution in [0.2, 0.25) is 0 Å². The first kappa shape index (κ1) is 8.44. The van der Waals surface area contributed by atoms with Crippen molar-refractivity contribution in [3.05, 3.63) is 0 Å². The van der Waals surface area contributed by atoms with E-state index in [0.717, 1.165) is 19.3 Å². The Kier molecular flexibility index (Phi) is 3.08. The summed E-state index contributed by atoms with van der Waals surface area (Å²) in [5, 5.41) is 0. The molecule has 10 heavy (non-hydrogen) atoms. The summed E-state index contributed by atoms with van der Waals surface area (Å²) >= 11 is 3.28. The second-order valence-corrected chi connectivity index (χ2v) is 3.97. The number of rotatable bonds is 1. The van der Waals surface area contributed by atoms with Gasteiger partial charge in [0.15, 0.2) is 0 Å². The second kappa shape index (κ2) is 3.65. The van der Waals surface area contributed by atoms with Gasteiger partial charge < -0.3 is 0 Å². The Hall–Kier alpha value is 0.340. The van der Waals surface area contributed by atoms with Gasteiger partial charge in [-0.2, -0.15) is 0 Å². The first-order chi connectivity index (χ1) is 4.72. The van der Waals surface area contributed by atoms with Crippen molar-refractivity contribution in [3.8, 4) is 0 Å². The molecule has 1 rings (SSSR count). The molecule has 0 N–H and O–H groups in total. The second-order valence-electron chi connectivity index (χ2n) is 2.80. The Morgan fingerprint density at radius 3 is 2.20 bits per heavy atom. The minimum atomic E-state index is -2.13. The lowest BCUT2D eigenvalue weighted by Crippen LogP contribution is -2.25. The van der Waals surface area contributed by atoms with Crippen molar-refractivity contribution in [1.82, 2.24) is 0 Å². The molecule has 0 saturated heterocycles. The zero-order chi connectivity index (χ0) is 7.56. The van der Waals surface area contributed by atoms with Gasteiger partial charge in [0.25, 0.3) is 0 Å². The summed E-state index contributed by atoms with van der Waals surface area (Å²) in [5.41, 5.74) is 0. The van der Waals surface area contributed by atoms with Gasteiger partial charge in [0.2, 0.25) is 6.43 Å². The van der Waals surface area contributed by atoms with E-state index in [1.807, 2.05) is 0 Å². The molecular formula is C7H11BrF2. The molecule has 3 heteroatoms. The van der Waals surface area contributed by atoms with Crippen LogP contribution in [0, 0.1) is 5.92 Å². The molecule has 0 aromatic carbocycles. The quantitative estimate of drug-likeness (QED) is 0.586. The third-order valence-corrected chi connectivity index (χ3v) is 3.19. The van der Waals surface area contributed by atoms with Crippen LogP contribution in [-0.2, 0) is 0 Å². The van der Waals surface area contributed by atoms with Crippen LogP contribution < -0.4 is 0 Å². The molecule has 0 unspecified atom stereocenters. The largest absolute Gasteiger partial charge is 0.242 e. The molecular weight excluding hydrogens is 202 g/mol. The number of hydrogen-bond acceptors (Lipinski definition) is 0. The summed E-state index contributed by atoms with van der Waals surface area (Å²) in [4.78, 5) is 0.0567. The van der Waals surface area contributed by atoms with Gasteiger partial charge in [0.05, 0.1) is 0 Å². The van der Waals surface area contributed by atoms with E-state index in [1.54, 1.807) is 0 Å². The van der Waals surface area contributed by atoms with Crippen molar-refractivity contribution in [2.75, 3.05) is 0 Å². The Bertz CT molecular complexity index is 106. The fourth-order valence-electron chi connectivity index (χ4n) is 1.40. The summed E-state index contributed by atoms with van der Waals surface area (Å²) < 4.78 is 24.3. The van der Waals surface area contributed by atoms with Gasteiger partial charge in [0.1, 0.15) is 0 Å². The van der Waals surface area contributed by atoms with Gasteiger partial charge in [0, 0.05) is 10.7 Å². The van der Waals surface area contributed by atoms with Crippen LogP contribution in [0.5, 0.6) is 0 Å². The molecule has 1 saturated carbocycles. The molecule has 0 aliphatic heterocycles. The number of alkyl halides is 3. The van der Waals surface area contributed by atoms with Crippen molar-refractivity contribution in [2.24, 2.45) is 5.92 Å². The zero-order valence-corrected chi connectivity index (χ0v) is 7.28. The Morgan fingerprint density at radius 1 is 1.20 bits per heavy atom. The minimum Gasteiger partial charge on any atom is -0.210 e. The highest BCUT2D eigenvalue weighted by Crippen LogP contribution is 2.33. The van der Waals surface area contributed by atoms with E-state index < -0.39 is 12.3 Å². The Morgan fingerprint density at radius 2 is 1.80 bits per heavy atom. The third kappa shape index (κ3) is 1.91. The summed E-state index contributed by atoms with van der Waals surface area (Å²) in [6, 6.07) is 0. The number of halogens is 3. The van der Waals surface area contributed by atoms with E-state index in [9.17, 15) is 8.78 Å².